The molecule has 0 amide bonds. The van der Waals surface area contributed by atoms with E-state index < -0.39 is 0 Å². The fourth-order valence-corrected chi connectivity index (χ4v) is 1.82. The van der Waals surface area contributed by atoms with Gasteiger partial charge in [0.15, 0.2) is 0 Å². The van der Waals surface area contributed by atoms with Crippen LogP contribution in [0.3, 0.4) is 0 Å². The van der Waals surface area contributed by atoms with Gasteiger partial charge in [-0.15, -0.1) is 0 Å². The second kappa shape index (κ2) is 7.83. The molecule has 0 aliphatic heterocycles. The highest BCUT2D eigenvalue weighted by Gasteiger charge is 2.13. The van der Waals surface area contributed by atoms with E-state index >= 15 is 0 Å². The monoisotopic (exact) mass is 268 g/mol. The molecule has 106 valence electrons. The molecule has 0 aromatic heterocycles. The van der Waals surface area contributed by atoms with Crippen molar-refractivity contribution >= 4 is 5.69 Å². The average molecular weight is 268 g/mol. The third kappa shape index (κ3) is 4.59. The number of nitrogens with zero attached hydrogens (tertiary/aromatic N) is 1. The summed E-state index contributed by atoms with van der Waals surface area (Å²) < 4.78 is 10.2. The van der Waals surface area contributed by atoms with Gasteiger partial charge in [-0.25, -0.2) is 0 Å². The van der Waals surface area contributed by atoms with Crippen molar-refractivity contribution in [3.05, 3.63) is 39.4 Å². The maximum Gasteiger partial charge on any atom is 0.272 e. The van der Waals surface area contributed by atoms with Gasteiger partial charge in [0, 0.05) is 38.9 Å². The number of benzene rings is 1. The first kappa shape index (κ1) is 15.6. The molecule has 0 heterocycles. The van der Waals surface area contributed by atoms with Gasteiger partial charge in [0.1, 0.15) is 0 Å². The van der Waals surface area contributed by atoms with E-state index in [0.717, 1.165) is 5.56 Å². The predicted octanol–water partition coefficient (Wildman–Crippen LogP) is 1.65. The van der Waals surface area contributed by atoms with Crippen LogP contribution in [0.25, 0.3) is 0 Å². The second-order valence-electron chi connectivity index (χ2n) is 4.26. The minimum Gasteiger partial charge on any atom is -0.382 e. The number of nitro benzene ring substituents is 1. The molecule has 0 radical (unpaired) electrons. The molecule has 0 saturated carbocycles. The molecule has 0 aliphatic carbocycles. The maximum absolute atomic E-state index is 10.8. The van der Waals surface area contributed by atoms with Crippen LogP contribution in [-0.2, 0) is 16.0 Å². The van der Waals surface area contributed by atoms with E-state index in [1.807, 2.05) is 6.07 Å². The lowest BCUT2D eigenvalue weighted by Crippen LogP contribution is -2.31. The Morgan fingerprint density at radius 3 is 2.74 bits per heavy atom. The normalized spacial score (nSPS) is 12.4. The molecule has 0 spiro atoms. The smallest absolute Gasteiger partial charge is 0.272 e. The van der Waals surface area contributed by atoms with Gasteiger partial charge in [-0.2, -0.15) is 0 Å². The van der Waals surface area contributed by atoms with Gasteiger partial charge < -0.3 is 14.8 Å². The Kier molecular flexibility index (Phi) is 6.41. The molecule has 1 unspecified atom stereocenters. The van der Waals surface area contributed by atoms with Crippen molar-refractivity contribution in [1.82, 2.24) is 5.32 Å². The standard InChI is InChI=1S/C13H20N2O4/c1-10-11(5-4-6-13(10)15(16)17)7-14-8-12(19-3)9-18-2/h4-6,12,14H,7-9H2,1-3H3. The molecule has 1 N–H and O–H groups in total. The molecule has 6 nitrogen and oxygen atoms in total. The molecule has 1 atom stereocenters. The summed E-state index contributed by atoms with van der Waals surface area (Å²) in [5.41, 5.74) is 1.77. The van der Waals surface area contributed by atoms with E-state index in [4.69, 9.17) is 9.47 Å². The Bertz CT molecular complexity index is 423. The SMILES string of the molecule is COCC(CNCc1cccc([N+](=O)[O-])c1C)OC. The average Bonchev–Trinajstić information content (AvgIpc) is 2.39. The lowest BCUT2D eigenvalue weighted by Gasteiger charge is -2.15. The number of hydrogen-bond acceptors (Lipinski definition) is 5. The first-order valence-electron chi connectivity index (χ1n) is 6.05. The van der Waals surface area contributed by atoms with Gasteiger partial charge in [0.05, 0.1) is 17.6 Å². The quantitative estimate of drug-likeness (QED) is 0.573. The van der Waals surface area contributed by atoms with Crippen LogP contribution in [0.5, 0.6) is 0 Å². The van der Waals surface area contributed by atoms with Gasteiger partial charge in [-0.3, -0.25) is 10.1 Å². The van der Waals surface area contributed by atoms with Gasteiger partial charge in [0.25, 0.3) is 5.69 Å². The van der Waals surface area contributed by atoms with E-state index in [2.05, 4.69) is 5.32 Å². The van der Waals surface area contributed by atoms with Crippen LogP contribution >= 0.6 is 0 Å². The second-order valence-corrected chi connectivity index (χ2v) is 4.26. The van der Waals surface area contributed by atoms with Gasteiger partial charge in [-0.1, -0.05) is 12.1 Å². The molecule has 1 rings (SSSR count). The Morgan fingerprint density at radius 1 is 1.42 bits per heavy atom. The van der Waals surface area contributed by atoms with Crippen molar-refractivity contribution in [2.24, 2.45) is 0 Å². The van der Waals surface area contributed by atoms with Crippen molar-refractivity contribution in [3.8, 4) is 0 Å². The molecule has 19 heavy (non-hydrogen) atoms. The minimum atomic E-state index is -0.359. The number of ether oxygens (including phenoxy) is 2. The molecule has 0 bridgehead atoms. The lowest BCUT2D eigenvalue weighted by atomic mass is 10.1. The number of hydrogen-bond donors (Lipinski definition) is 1. The fourth-order valence-electron chi connectivity index (χ4n) is 1.82. The third-order valence-corrected chi connectivity index (χ3v) is 2.99. The van der Waals surface area contributed by atoms with Crippen molar-refractivity contribution in [2.75, 3.05) is 27.4 Å². The van der Waals surface area contributed by atoms with Gasteiger partial charge >= 0.3 is 0 Å². The molecule has 0 saturated heterocycles. The number of methoxy groups -OCH3 is 2. The third-order valence-electron chi connectivity index (χ3n) is 2.99. The summed E-state index contributed by atoms with van der Waals surface area (Å²) in [5.74, 6) is 0. The fraction of sp³-hybridized carbons (Fsp3) is 0.538. The van der Waals surface area contributed by atoms with Crippen LogP contribution in [-0.4, -0.2) is 38.4 Å². The zero-order valence-corrected chi connectivity index (χ0v) is 11.5. The number of nitrogens with one attached hydrogen (secondary N) is 1. The maximum atomic E-state index is 10.8. The van der Waals surface area contributed by atoms with Crippen molar-refractivity contribution in [2.45, 2.75) is 19.6 Å². The highest BCUT2D eigenvalue weighted by Crippen LogP contribution is 2.20. The topological polar surface area (TPSA) is 73.6 Å². The van der Waals surface area contributed by atoms with Crippen LogP contribution in [0, 0.1) is 17.0 Å². The predicted molar refractivity (Wildman–Crippen MR) is 72.2 cm³/mol. The van der Waals surface area contributed by atoms with E-state index in [1.54, 1.807) is 27.2 Å². The molecule has 1 aromatic rings. The zero-order valence-electron chi connectivity index (χ0n) is 11.5. The molecule has 0 aliphatic rings. The van der Waals surface area contributed by atoms with Crippen molar-refractivity contribution < 1.29 is 14.4 Å². The first-order valence-corrected chi connectivity index (χ1v) is 6.05. The highest BCUT2D eigenvalue weighted by molar-refractivity contribution is 5.44. The van der Waals surface area contributed by atoms with Gasteiger partial charge in [0.2, 0.25) is 0 Å². The summed E-state index contributed by atoms with van der Waals surface area (Å²) in [5, 5.41) is 14.1. The van der Waals surface area contributed by atoms with Crippen molar-refractivity contribution in [3.63, 3.8) is 0 Å². The molecular formula is C13H20N2O4. The summed E-state index contributed by atoms with van der Waals surface area (Å²) in [6.45, 7) is 3.47. The zero-order chi connectivity index (χ0) is 14.3. The number of nitro groups is 1. The Hall–Kier alpha value is -1.50. The van der Waals surface area contributed by atoms with E-state index in [-0.39, 0.29) is 16.7 Å². The molecular weight excluding hydrogens is 248 g/mol. The largest absolute Gasteiger partial charge is 0.382 e. The van der Waals surface area contributed by atoms with Crippen LogP contribution in [0.15, 0.2) is 18.2 Å². The van der Waals surface area contributed by atoms with E-state index in [0.29, 0.717) is 25.3 Å². The number of rotatable bonds is 8. The summed E-state index contributed by atoms with van der Waals surface area (Å²) in [6.07, 6.45) is -0.0241. The Morgan fingerprint density at radius 2 is 2.16 bits per heavy atom. The summed E-state index contributed by atoms with van der Waals surface area (Å²) in [6, 6.07) is 5.10. The molecule has 1 aromatic carbocycles. The van der Waals surface area contributed by atoms with Crippen LogP contribution in [0.1, 0.15) is 11.1 Å². The van der Waals surface area contributed by atoms with E-state index in [1.165, 1.54) is 6.07 Å². The summed E-state index contributed by atoms with van der Waals surface area (Å²) in [4.78, 5) is 10.5. The minimum absolute atomic E-state index is 0.0241. The summed E-state index contributed by atoms with van der Waals surface area (Å²) >= 11 is 0. The van der Waals surface area contributed by atoms with Crippen LogP contribution in [0.4, 0.5) is 5.69 Å². The van der Waals surface area contributed by atoms with Crippen LogP contribution < -0.4 is 5.32 Å². The van der Waals surface area contributed by atoms with Crippen molar-refractivity contribution in [1.29, 1.82) is 0 Å². The Balaban J connectivity index is 2.58. The lowest BCUT2D eigenvalue weighted by molar-refractivity contribution is -0.385. The van der Waals surface area contributed by atoms with Crippen LogP contribution in [0.2, 0.25) is 0 Å². The molecule has 0 fully saturated rings. The first-order chi connectivity index (χ1) is 9.10. The van der Waals surface area contributed by atoms with E-state index in [9.17, 15) is 10.1 Å². The molecule has 6 heteroatoms. The highest BCUT2D eigenvalue weighted by atomic mass is 16.6. The Labute approximate surface area is 112 Å². The van der Waals surface area contributed by atoms with Gasteiger partial charge in [-0.05, 0) is 12.5 Å². The summed E-state index contributed by atoms with van der Waals surface area (Å²) in [7, 11) is 3.25.